The Labute approximate surface area is 131 Å². The minimum atomic E-state index is -0.354. The molecule has 5 nitrogen and oxygen atoms in total. The van der Waals surface area contributed by atoms with Crippen LogP contribution < -0.4 is 11.3 Å². The number of hydrogen-bond donors (Lipinski definition) is 2. The first-order valence-electron chi connectivity index (χ1n) is 6.79. The SMILES string of the molecule is CC(C)Cn1ncnc1CC(NN)c1ccc(Br)cc1F. The Morgan fingerprint density at radius 2 is 2.19 bits per heavy atom. The van der Waals surface area contributed by atoms with Gasteiger partial charge in [0.15, 0.2) is 0 Å². The number of halogens is 2. The molecule has 0 bridgehead atoms. The topological polar surface area (TPSA) is 68.8 Å². The van der Waals surface area contributed by atoms with Crippen LogP contribution in [0, 0.1) is 11.7 Å². The van der Waals surface area contributed by atoms with Gasteiger partial charge < -0.3 is 0 Å². The van der Waals surface area contributed by atoms with Crippen LogP contribution in [0.4, 0.5) is 4.39 Å². The molecule has 1 atom stereocenters. The van der Waals surface area contributed by atoms with Crippen LogP contribution in [0.2, 0.25) is 0 Å². The molecule has 0 saturated carbocycles. The minimum absolute atomic E-state index is 0.303. The number of aromatic nitrogens is 3. The maximum Gasteiger partial charge on any atom is 0.138 e. The molecule has 1 unspecified atom stereocenters. The van der Waals surface area contributed by atoms with Crippen LogP contribution in [0.5, 0.6) is 0 Å². The molecule has 1 heterocycles. The van der Waals surface area contributed by atoms with E-state index in [2.05, 4.69) is 45.3 Å². The summed E-state index contributed by atoms with van der Waals surface area (Å²) in [5.74, 6) is 6.53. The van der Waals surface area contributed by atoms with E-state index in [1.165, 1.54) is 12.4 Å². The van der Waals surface area contributed by atoms with Gasteiger partial charge in [0.2, 0.25) is 0 Å². The first-order valence-corrected chi connectivity index (χ1v) is 7.58. The van der Waals surface area contributed by atoms with Gasteiger partial charge in [0.05, 0.1) is 6.04 Å². The summed E-state index contributed by atoms with van der Waals surface area (Å²) >= 11 is 3.25. The van der Waals surface area contributed by atoms with Crippen molar-refractivity contribution in [1.82, 2.24) is 20.2 Å². The quantitative estimate of drug-likeness (QED) is 0.617. The fourth-order valence-electron chi connectivity index (χ4n) is 2.17. The van der Waals surface area contributed by atoms with Crippen molar-refractivity contribution < 1.29 is 4.39 Å². The van der Waals surface area contributed by atoms with E-state index < -0.39 is 0 Å². The van der Waals surface area contributed by atoms with Crippen LogP contribution in [0.1, 0.15) is 31.3 Å². The number of nitrogens with two attached hydrogens (primary N) is 1. The van der Waals surface area contributed by atoms with Crippen molar-refractivity contribution in [2.24, 2.45) is 11.8 Å². The van der Waals surface area contributed by atoms with Crippen LogP contribution in [-0.2, 0) is 13.0 Å². The average Bonchev–Trinajstić information content (AvgIpc) is 2.83. The van der Waals surface area contributed by atoms with Gasteiger partial charge in [-0.25, -0.2) is 14.1 Å². The summed E-state index contributed by atoms with van der Waals surface area (Å²) in [4.78, 5) is 4.25. The van der Waals surface area contributed by atoms with Crippen LogP contribution in [0.25, 0.3) is 0 Å². The van der Waals surface area contributed by atoms with Gasteiger partial charge in [0, 0.05) is 23.0 Å². The van der Waals surface area contributed by atoms with Gasteiger partial charge in [-0.3, -0.25) is 11.3 Å². The van der Waals surface area contributed by atoms with Crippen LogP contribution in [0.3, 0.4) is 0 Å². The smallest absolute Gasteiger partial charge is 0.138 e. The lowest BCUT2D eigenvalue weighted by molar-refractivity contribution is 0.441. The fraction of sp³-hybridized carbons (Fsp3) is 0.429. The van der Waals surface area contributed by atoms with Gasteiger partial charge in [-0.2, -0.15) is 5.10 Å². The molecule has 0 spiro atoms. The van der Waals surface area contributed by atoms with Crippen molar-refractivity contribution >= 4 is 15.9 Å². The molecular formula is C14H19BrFN5. The summed E-state index contributed by atoms with van der Waals surface area (Å²) in [6.45, 7) is 4.99. The number of hydrazine groups is 1. The molecule has 0 fully saturated rings. The Morgan fingerprint density at radius 3 is 2.81 bits per heavy atom. The van der Waals surface area contributed by atoms with Gasteiger partial charge in [-0.05, 0) is 18.1 Å². The summed E-state index contributed by atoms with van der Waals surface area (Å²) in [5, 5.41) is 4.21. The minimum Gasteiger partial charge on any atom is -0.271 e. The molecule has 114 valence electrons. The number of nitrogens with one attached hydrogen (secondary N) is 1. The Balaban J connectivity index is 2.21. The highest BCUT2D eigenvalue weighted by Gasteiger charge is 2.18. The zero-order valence-electron chi connectivity index (χ0n) is 12.1. The Hall–Kier alpha value is -1.31. The monoisotopic (exact) mass is 355 g/mol. The van der Waals surface area contributed by atoms with E-state index in [9.17, 15) is 4.39 Å². The third kappa shape index (κ3) is 4.09. The second kappa shape index (κ2) is 7.11. The Kier molecular flexibility index (Phi) is 5.44. The molecule has 2 rings (SSSR count). The summed E-state index contributed by atoms with van der Waals surface area (Å²) in [7, 11) is 0. The Morgan fingerprint density at radius 1 is 1.43 bits per heavy atom. The molecular weight excluding hydrogens is 337 g/mol. The maximum absolute atomic E-state index is 14.1. The number of rotatable bonds is 6. The van der Waals surface area contributed by atoms with Crippen molar-refractivity contribution in [3.63, 3.8) is 0 Å². The predicted octanol–water partition coefficient (Wildman–Crippen LogP) is 2.58. The molecule has 7 heteroatoms. The standard InChI is InChI=1S/C14H19BrFN5/c1-9(2)7-21-14(18-8-19-21)6-13(20-17)11-4-3-10(15)5-12(11)16/h3-5,8-9,13,20H,6-7,17H2,1-2H3. The first kappa shape index (κ1) is 16.1. The molecule has 0 amide bonds. The van der Waals surface area contributed by atoms with E-state index in [1.54, 1.807) is 12.1 Å². The van der Waals surface area contributed by atoms with E-state index in [0.717, 1.165) is 12.4 Å². The molecule has 0 aliphatic rings. The second-order valence-electron chi connectivity index (χ2n) is 5.34. The lowest BCUT2D eigenvalue weighted by atomic mass is 10.0. The zero-order chi connectivity index (χ0) is 15.4. The predicted molar refractivity (Wildman–Crippen MR) is 82.7 cm³/mol. The third-order valence-electron chi connectivity index (χ3n) is 3.16. The van der Waals surface area contributed by atoms with Crippen molar-refractivity contribution in [3.8, 4) is 0 Å². The molecule has 0 aliphatic carbocycles. The molecule has 1 aromatic heterocycles. The molecule has 0 saturated heterocycles. The second-order valence-corrected chi connectivity index (χ2v) is 6.26. The highest BCUT2D eigenvalue weighted by Crippen LogP contribution is 2.23. The van der Waals surface area contributed by atoms with Gasteiger partial charge >= 0.3 is 0 Å². The van der Waals surface area contributed by atoms with E-state index in [-0.39, 0.29) is 11.9 Å². The highest BCUT2D eigenvalue weighted by atomic mass is 79.9. The molecule has 21 heavy (non-hydrogen) atoms. The summed E-state index contributed by atoms with van der Waals surface area (Å²) in [6.07, 6.45) is 1.99. The Bertz CT molecular complexity index is 599. The van der Waals surface area contributed by atoms with Gasteiger partial charge in [0.1, 0.15) is 18.0 Å². The molecule has 1 aromatic carbocycles. The summed E-state index contributed by atoms with van der Waals surface area (Å²) in [5.41, 5.74) is 3.17. The molecule has 0 aliphatic heterocycles. The first-order chi connectivity index (χ1) is 10.0. The largest absolute Gasteiger partial charge is 0.271 e. The molecule has 2 aromatic rings. The van der Waals surface area contributed by atoms with Crippen LogP contribution in [-0.4, -0.2) is 14.8 Å². The lowest BCUT2D eigenvalue weighted by Gasteiger charge is -2.17. The molecule has 0 radical (unpaired) electrons. The summed E-state index contributed by atoms with van der Waals surface area (Å²) < 4.78 is 16.6. The van der Waals surface area contributed by atoms with E-state index in [1.807, 2.05) is 4.68 Å². The molecule has 3 N–H and O–H groups in total. The van der Waals surface area contributed by atoms with Crippen LogP contribution >= 0.6 is 15.9 Å². The van der Waals surface area contributed by atoms with Gasteiger partial charge in [-0.1, -0.05) is 35.8 Å². The van der Waals surface area contributed by atoms with E-state index in [0.29, 0.717) is 22.4 Å². The van der Waals surface area contributed by atoms with Gasteiger partial charge in [-0.15, -0.1) is 0 Å². The van der Waals surface area contributed by atoms with Gasteiger partial charge in [0.25, 0.3) is 0 Å². The van der Waals surface area contributed by atoms with Crippen molar-refractivity contribution in [3.05, 3.63) is 46.2 Å². The number of nitrogens with zero attached hydrogens (tertiary/aromatic N) is 3. The zero-order valence-corrected chi connectivity index (χ0v) is 13.6. The lowest BCUT2D eigenvalue weighted by Crippen LogP contribution is -2.31. The highest BCUT2D eigenvalue weighted by molar-refractivity contribution is 9.10. The van der Waals surface area contributed by atoms with Crippen molar-refractivity contribution in [2.75, 3.05) is 0 Å². The maximum atomic E-state index is 14.1. The third-order valence-corrected chi connectivity index (χ3v) is 3.65. The fourth-order valence-corrected chi connectivity index (χ4v) is 2.50. The van der Waals surface area contributed by atoms with E-state index in [4.69, 9.17) is 5.84 Å². The summed E-state index contributed by atoms with van der Waals surface area (Å²) in [6, 6.07) is 4.58. The number of hydrogen-bond acceptors (Lipinski definition) is 4. The number of benzene rings is 1. The normalized spacial score (nSPS) is 12.9. The van der Waals surface area contributed by atoms with Crippen LogP contribution in [0.15, 0.2) is 29.0 Å². The van der Waals surface area contributed by atoms with E-state index >= 15 is 0 Å². The van der Waals surface area contributed by atoms with Crippen molar-refractivity contribution in [2.45, 2.75) is 32.9 Å². The average molecular weight is 356 g/mol. The van der Waals surface area contributed by atoms with Crippen molar-refractivity contribution in [1.29, 1.82) is 0 Å².